The second-order valence-corrected chi connectivity index (χ2v) is 8.89. The van der Waals surface area contributed by atoms with Crippen molar-refractivity contribution in [2.24, 2.45) is 0 Å². The van der Waals surface area contributed by atoms with Crippen LogP contribution in [0.25, 0.3) is 5.82 Å². The number of carbonyl (C=O) groups excluding carboxylic acids is 2. The molecule has 2 amide bonds. The number of carbonyl (C=O) groups is 2. The molecule has 4 rings (SSSR count). The summed E-state index contributed by atoms with van der Waals surface area (Å²) in [5, 5.41) is 6.93. The molecule has 36 heavy (non-hydrogen) atoms. The number of rotatable bonds is 9. The lowest BCUT2D eigenvalue weighted by atomic mass is 10.2. The van der Waals surface area contributed by atoms with Crippen LogP contribution in [0.15, 0.2) is 43.0 Å². The molecule has 0 unspecified atom stereocenters. The van der Waals surface area contributed by atoms with E-state index in [1.165, 1.54) is 7.11 Å². The Morgan fingerprint density at radius 2 is 1.92 bits per heavy atom. The number of halogens is 2. The van der Waals surface area contributed by atoms with Gasteiger partial charge in [-0.2, -0.15) is 9.97 Å². The predicted octanol–water partition coefficient (Wildman–Crippen LogP) is 1.99. The average molecular weight is 533 g/mol. The van der Waals surface area contributed by atoms with E-state index < -0.39 is 0 Å². The summed E-state index contributed by atoms with van der Waals surface area (Å²) in [7, 11) is 1.51. The number of imidazole rings is 1. The summed E-state index contributed by atoms with van der Waals surface area (Å²) >= 11 is 12.1. The van der Waals surface area contributed by atoms with E-state index in [-0.39, 0.29) is 31.5 Å². The minimum Gasteiger partial charge on any atom is -0.375 e. The van der Waals surface area contributed by atoms with Crippen LogP contribution in [0.1, 0.15) is 5.56 Å². The summed E-state index contributed by atoms with van der Waals surface area (Å²) in [6.45, 7) is 2.57. The van der Waals surface area contributed by atoms with E-state index >= 15 is 0 Å². The number of benzene rings is 1. The SMILES string of the molecule is COCC(=O)N1CCN(c2nc(NCC(=O)NCc3ccc(Cl)cc3Cl)cc(-n3ccnc3)n2)CC1. The molecular weight excluding hydrogens is 507 g/mol. The molecule has 3 aromatic rings. The van der Waals surface area contributed by atoms with Crippen molar-refractivity contribution in [3.05, 3.63) is 58.6 Å². The van der Waals surface area contributed by atoms with Crippen molar-refractivity contribution in [1.82, 2.24) is 29.7 Å². The summed E-state index contributed by atoms with van der Waals surface area (Å²) < 4.78 is 6.71. The van der Waals surface area contributed by atoms with Crippen LogP contribution in [0.2, 0.25) is 10.0 Å². The Labute approximate surface area is 218 Å². The van der Waals surface area contributed by atoms with E-state index in [4.69, 9.17) is 27.9 Å². The Morgan fingerprint density at radius 3 is 2.61 bits per heavy atom. The van der Waals surface area contributed by atoms with Crippen LogP contribution in [0.5, 0.6) is 0 Å². The van der Waals surface area contributed by atoms with Gasteiger partial charge in [-0.15, -0.1) is 0 Å². The summed E-state index contributed by atoms with van der Waals surface area (Å²) in [6.07, 6.45) is 5.07. The molecule has 1 saturated heterocycles. The lowest BCUT2D eigenvalue weighted by Crippen LogP contribution is -2.50. The Balaban J connectivity index is 1.41. The number of hydrogen-bond donors (Lipinski definition) is 2. The van der Waals surface area contributed by atoms with E-state index in [2.05, 4.69) is 25.6 Å². The fourth-order valence-corrected chi connectivity index (χ4v) is 4.12. The first-order chi connectivity index (χ1) is 17.4. The van der Waals surface area contributed by atoms with Gasteiger partial charge in [0.25, 0.3) is 0 Å². The Kier molecular flexibility index (Phi) is 8.57. The summed E-state index contributed by atoms with van der Waals surface area (Å²) in [5.74, 6) is 1.32. The number of nitrogens with zero attached hydrogens (tertiary/aromatic N) is 6. The molecule has 0 atom stereocenters. The van der Waals surface area contributed by atoms with Gasteiger partial charge in [0.1, 0.15) is 24.6 Å². The quantitative estimate of drug-likeness (QED) is 0.429. The lowest BCUT2D eigenvalue weighted by Gasteiger charge is -2.34. The molecule has 1 aliphatic heterocycles. The normalized spacial score (nSPS) is 13.5. The van der Waals surface area contributed by atoms with Crippen LogP contribution in [-0.4, -0.2) is 82.7 Å². The molecule has 2 aromatic heterocycles. The number of hydrogen-bond acceptors (Lipinski definition) is 8. The van der Waals surface area contributed by atoms with Gasteiger partial charge in [-0.25, -0.2) is 4.98 Å². The highest BCUT2D eigenvalue weighted by Gasteiger charge is 2.23. The second kappa shape index (κ2) is 12.0. The molecule has 1 fully saturated rings. The van der Waals surface area contributed by atoms with E-state index in [1.54, 1.807) is 52.5 Å². The van der Waals surface area contributed by atoms with Crippen molar-refractivity contribution >= 4 is 46.8 Å². The standard InChI is InChI=1S/C23H26Cl2N8O3/c1-36-14-22(35)31-6-8-32(9-7-31)23-29-19(11-20(30-23)33-5-4-26-15-33)27-13-21(34)28-12-16-2-3-17(24)10-18(16)25/h2-5,10-11,15H,6-9,12-14H2,1H3,(H,28,34)(H,27,29,30). The first-order valence-corrected chi connectivity index (χ1v) is 12.0. The molecule has 0 bridgehead atoms. The highest BCUT2D eigenvalue weighted by molar-refractivity contribution is 6.35. The molecular formula is C23H26Cl2N8O3. The van der Waals surface area contributed by atoms with Gasteiger partial charge in [-0.3, -0.25) is 14.2 Å². The molecule has 1 aromatic carbocycles. The third-order valence-electron chi connectivity index (χ3n) is 5.57. The molecule has 2 N–H and O–H groups in total. The minimum atomic E-state index is -0.226. The van der Waals surface area contributed by atoms with Gasteiger partial charge in [0, 0.05) is 68.3 Å². The topological polar surface area (TPSA) is 118 Å². The Morgan fingerprint density at radius 1 is 1.11 bits per heavy atom. The second-order valence-electron chi connectivity index (χ2n) is 8.05. The van der Waals surface area contributed by atoms with Crippen molar-refractivity contribution in [2.75, 3.05) is 56.7 Å². The third-order valence-corrected chi connectivity index (χ3v) is 6.16. The number of amides is 2. The molecule has 13 heteroatoms. The zero-order valence-corrected chi connectivity index (χ0v) is 21.2. The zero-order chi connectivity index (χ0) is 25.5. The van der Waals surface area contributed by atoms with Gasteiger partial charge in [0.05, 0.1) is 6.54 Å². The van der Waals surface area contributed by atoms with Crippen LogP contribution in [0.3, 0.4) is 0 Å². The molecule has 0 aliphatic carbocycles. The van der Waals surface area contributed by atoms with Crippen molar-refractivity contribution in [2.45, 2.75) is 6.54 Å². The van der Waals surface area contributed by atoms with Crippen molar-refractivity contribution in [1.29, 1.82) is 0 Å². The molecule has 190 valence electrons. The van der Waals surface area contributed by atoms with Crippen LogP contribution < -0.4 is 15.5 Å². The number of anilines is 2. The van der Waals surface area contributed by atoms with Crippen molar-refractivity contribution in [3.63, 3.8) is 0 Å². The maximum Gasteiger partial charge on any atom is 0.248 e. The highest BCUT2D eigenvalue weighted by Crippen LogP contribution is 2.21. The monoisotopic (exact) mass is 532 g/mol. The molecule has 0 saturated carbocycles. The van der Waals surface area contributed by atoms with Gasteiger partial charge in [0.2, 0.25) is 17.8 Å². The van der Waals surface area contributed by atoms with E-state index in [0.717, 1.165) is 5.56 Å². The first kappa shape index (κ1) is 25.7. The third kappa shape index (κ3) is 6.62. The van der Waals surface area contributed by atoms with Gasteiger partial charge < -0.3 is 25.2 Å². The molecule has 11 nitrogen and oxygen atoms in total. The predicted molar refractivity (Wildman–Crippen MR) is 137 cm³/mol. The maximum atomic E-state index is 12.5. The number of methoxy groups -OCH3 is 1. The van der Waals surface area contributed by atoms with E-state index in [9.17, 15) is 9.59 Å². The summed E-state index contributed by atoms with van der Waals surface area (Å²) in [5.41, 5.74) is 0.768. The van der Waals surface area contributed by atoms with Crippen molar-refractivity contribution < 1.29 is 14.3 Å². The number of piperazine rings is 1. The molecule has 3 heterocycles. The van der Waals surface area contributed by atoms with Gasteiger partial charge in [-0.05, 0) is 17.7 Å². The van der Waals surface area contributed by atoms with Gasteiger partial charge in [0.15, 0.2) is 0 Å². The fraction of sp³-hybridized carbons (Fsp3) is 0.348. The molecule has 1 aliphatic rings. The van der Waals surface area contributed by atoms with E-state index in [1.807, 2.05) is 4.90 Å². The fourth-order valence-electron chi connectivity index (χ4n) is 3.64. The zero-order valence-electron chi connectivity index (χ0n) is 19.7. The maximum absolute atomic E-state index is 12.5. The van der Waals surface area contributed by atoms with E-state index in [0.29, 0.717) is 53.8 Å². The molecule has 0 radical (unpaired) electrons. The highest BCUT2D eigenvalue weighted by atomic mass is 35.5. The first-order valence-electron chi connectivity index (χ1n) is 11.3. The molecule has 0 spiro atoms. The minimum absolute atomic E-state index is 0.00429. The van der Waals surface area contributed by atoms with Gasteiger partial charge >= 0.3 is 0 Å². The van der Waals surface area contributed by atoms with Crippen LogP contribution in [0, 0.1) is 0 Å². The van der Waals surface area contributed by atoms with Crippen LogP contribution >= 0.6 is 23.2 Å². The number of ether oxygens (including phenoxy) is 1. The lowest BCUT2D eigenvalue weighted by molar-refractivity contribution is -0.135. The van der Waals surface area contributed by atoms with Crippen LogP contribution in [-0.2, 0) is 20.9 Å². The summed E-state index contributed by atoms with van der Waals surface area (Å²) in [6, 6.07) is 6.87. The van der Waals surface area contributed by atoms with Crippen LogP contribution in [0.4, 0.5) is 11.8 Å². The number of aromatic nitrogens is 4. The average Bonchev–Trinajstić information content (AvgIpc) is 3.42. The smallest absolute Gasteiger partial charge is 0.248 e. The summed E-state index contributed by atoms with van der Waals surface area (Å²) in [4.78, 5) is 41.7. The Bertz CT molecular complexity index is 1200. The largest absolute Gasteiger partial charge is 0.375 e. The Hall–Kier alpha value is -3.41. The van der Waals surface area contributed by atoms with Gasteiger partial charge in [-0.1, -0.05) is 29.3 Å². The number of nitrogens with one attached hydrogen (secondary N) is 2. The van der Waals surface area contributed by atoms with Crippen molar-refractivity contribution in [3.8, 4) is 5.82 Å².